The van der Waals surface area contributed by atoms with Gasteiger partial charge in [0.1, 0.15) is 0 Å². The van der Waals surface area contributed by atoms with Crippen LogP contribution >= 0.6 is 112 Å². The van der Waals surface area contributed by atoms with Gasteiger partial charge in [-0.25, -0.2) is 0 Å². The second-order valence-electron chi connectivity index (χ2n) is 3.60. The zero-order chi connectivity index (χ0) is 14.3. The van der Waals surface area contributed by atoms with E-state index in [1.54, 1.807) is 0 Å². The van der Waals surface area contributed by atoms with Gasteiger partial charge < -0.3 is 0 Å². The summed E-state index contributed by atoms with van der Waals surface area (Å²) in [6.45, 7) is 0. The van der Waals surface area contributed by atoms with Gasteiger partial charge in [0.2, 0.25) is 0 Å². The number of benzene rings is 2. The van der Waals surface area contributed by atoms with Crippen molar-refractivity contribution < 1.29 is 0 Å². The fourth-order valence-electron chi connectivity index (χ4n) is 1.53. The maximum Gasteiger partial charge on any atom is 0.0459 e. The highest BCUT2D eigenvalue weighted by Gasteiger charge is 2.16. The molecule has 0 radical (unpaired) electrons. The summed E-state index contributed by atoms with van der Waals surface area (Å²) in [5.41, 5.74) is 2.16. The molecule has 0 aliphatic carbocycles. The summed E-state index contributed by atoms with van der Waals surface area (Å²) in [5, 5.41) is 0. The molecular formula is C12H3Br7. The van der Waals surface area contributed by atoms with Crippen molar-refractivity contribution in [1.82, 2.24) is 0 Å². The fourth-order valence-corrected chi connectivity index (χ4v) is 5.45. The fraction of sp³-hybridized carbons (Fsp3) is 0. The number of hydrogen-bond acceptors (Lipinski definition) is 0. The van der Waals surface area contributed by atoms with Gasteiger partial charge in [-0.05, 0) is 135 Å². The average Bonchev–Trinajstić information content (AvgIpc) is 2.34. The van der Waals surface area contributed by atoms with Gasteiger partial charge in [0.25, 0.3) is 0 Å². The van der Waals surface area contributed by atoms with Crippen LogP contribution in [-0.4, -0.2) is 0 Å². The van der Waals surface area contributed by atoms with Gasteiger partial charge in [-0.1, -0.05) is 0 Å². The molecule has 0 unspecified atom stereocenters. The van der Waals surface area contributed by atoms with Crippen LogP contribution in [0.4, 0.5) is 0 Å². The zero-order valence-corrected chi connectivity index (χ0v) is 20.0. The van der Waals surface area contributed by atoms with Crippen molar-refractivity contribution in [3.63, 3.8) is 0 Å². The lowest BCUT2D eigenvalue weighted by atomic mass is 10.1. The quantitative estimate of drug-likeness (QED) is 0.206. The van der Waals surface area contributed by atoms with Gasteiger partial charge in [-0.15, -0.1) is 0 Å². The lowest BCUT2D eigenvalue weighted by Crippen LogP contribution is -1.87. The normalized spacial score (nSPS) is 10.9. The smallest absolute Gasteiger partial charge is 0.0459 e. The Hall–Kier alpha value is 1.80. The molecule has 0 fully saturated rings. The third kappa shape index (κ3) is 3.59. The molecule has 19 heavy (non-hydrogen) atoms. The lowest BCUT2D eigenvalue weighted by Gasteiger charge is -2.13. The third-order valence-electron chi connectivity index (χ3n) is 2.38. The van der Waals surface area contributed by atoms with Gasteiger partial charge in [0.15, 0.2) is 0 Å². The summed E-state index contributed by atoms with van der Waals surface area (Å²) in [7, 11) is 0. The summed E-state index contributed by atoms with van der Waals surface area (Å²) in [4.78, 5) is 0. The van der Waals surface area contributed by atoms with E-state index in [0.717, 1.165) is 42.4 Å². The molecule has 0 saturated carbocycles. The highest BCUT2D eigenvalue weighted by atomic mass is 79.9. The second kappa shape index (κ2) is 6.92. The van der Waals surface area contributed by atoms with E-state index in [2.05, 4.69) is 124 Å². The molecule has 0 amide bonds. The molecule has 0 atom stereocenters. The summed E-state index contributed by atoms with van der Waals surface area (Å²) in [6.07, 6.45) is 0. The Bertz CT molecular complexity index is 614. The summed E-state index contributed by atoms with van der Waals surface area (Å²) < 4.78 is 6.98. The SMILES string of the molecule is Brc1cc(-c2c(Br)c(Br)cc(Br)c2Br)cc(Br)c1Br. The molecule has 0 bridgehead atoms. The maximum absolute atomic E-state index is 3.63. The van der Waals surface area contributed by atoms with E-state index in [0.29, 0.717) is 0 Å². The van der Waals surface area contributed by atoms with E-state index in [4.69, 9.17) is 0 Å². The van der Waals surface area contributed by atoms with Crippen molar-refractivity contribution in [3.8, 4) is 11.1 Å². The largest absolute Gasteiger partial charge is 0.0495 e. The second-order valence-corrected chi connectivity index (χ2v) is 9.39. The summed E-state index contributed by atoms with van der Waals surface area (Å²) in [5.74, 6) is 0. The van der Waals surface area contributed by atoms with Crippen LogP contribution in [0.3, 0.4) is 0 Å². The topological polar surface area (TPSA) is 0 Å². The van der Waals surface area contributed by atoms with Crippen LogP contribution < -0.4 is 0 Å². The molecule has 0 N–H and O–H groups in total. The Kier molecular flexibility index (Phi) is 6.25. The van der Waals surface area contributed by atoms with Crippen LogP contribution in [0.5, 0.6) is 0 Å². The standard InChI is InChI=1S/C12H3Br7/c13-5-1-4(2-6(14)10(5)17)9-11(18)7(15)3-8(16)12(9)19/h1-3H. The monoisotopic (exact) mass is 699 g/mol. The van der Waals surface area contributed by atoms with Gasteiger partial charge in [0, 0.05) is 36.9 Å². The molecule has 7 heteroatoms. The molecule has 0 spiro atoms. The molecule has 0 aliphatic rings. The average molecular weight is 706 g/mol. The molecule has 0 aliphatic heterocycles. The maximum atomic E-state index is 3.63. The molecule has 2 aromatic carbocycles. The third-order valence-corrected chi connectivity index (χ3v) is 9.52. The van der Waals surface area contributed by atoms with E-state index in [-0.39, 0.29) is 0 Å². The predicted octanol–water partition coefficient (Wildman–Crippen LogP) is 8.69. The van der Waals surface area contributed by atoms with Crippen molar-refractivity contribution in [2.45, 2.75) is 0 Å². The molecule has 100 valence electrons. The van der Waals surface area contributed by atoms with Gasteiger partial charge >= 0.3 is 0 Å². The Morgan fingerprint density at radius 1 is 0.474 bits per heavy atom. The summed E-state index contributed by atoms with van der Waals surface area (Å²) >= 11 is 25.0. The van der Waals surface area contributed by atoms with Crippen molar-refractivity contribution in [1.29, 1.82) is 0 Å². The number of hydrogen-bond donors (Lipinski definition) is 0. The molecule has 2 aromatic rings. The van der Waals surface area contributed by atoms with E-state index >= 15 is 0 Å². The first-order valence-electron chi connectivity index (χ1n) is 4.80. The van der Waals surface area contributed by atoms with Crippen LogP contribution in [-0.2, 0) is 0 Å². The first kappa shape index (κ1) is 17.2. The van der Waals surface area contributed by atoms with E-state index in [1.165, 1.54) is 0 Å². The highest BCUT2D eigenvalue weighted by Crippen LogP contribution is 2.46. The Morgan fingerprint density at radius 3 is 1.26 bits per heavy atom. The lowest BCUT2D eigenvalue weighted by molar-refractivity contribution is 1.45. The van der Waals surface area contributed by atoms with Gasteiger partial charge in [-0.2, -0.15) is 0 Å². The molecule has 0 nitrogen and oxygen atoms in total. The van der Waals surface area contributed by atoms with Gasteiger partial charge in [-0.3, -0.25) is 0 Å². The number of halogens is 7. The minimum Gasteiger partial charge on any atom is -0.0495 e. The molecule has 2 rings (SSSR count). The van der Waals surface area contributed by atoms with Crippen molar-refractivity contribution in [3.05, 3.63) is 49.5 Å². The van der Waals surface area contributed by atoms with Crippen molar-refractivity contribution in [2.75, 3.05) is 0 Å². The molecular weight excluding hydrogens is 703 g/mol. The minimum atomic E-state index is 0.992. The van der Waals surface area contributed by atoms with E-state index in [1.807, 2.05) is 6.07 Å². The van der Waals surface area contributed by atoms with Crippen molar-refractivity contribution >= 4 is 112 Å². The number of rotatable bonds is 1. The molecule has 0 heterocycles. The Morgan fingerprint density at radius 2 is 0.842 bits per heavy atom. The first-order chi connectivity index (χ1) is 8.82. The van der Waals surface area contributed by atoms with E-state index < -0.39 is 0 Å². The van der Waals surface area contributed by atoms with Crippen LogP contribution in [0.15, 0.2) is 49.5 Å². The zero-order valence-electron chi connectivity index (χ0n) is 8.88. The minimum absolute atomic E-state index is 0.992. The van der Waals surface area contributed by atoms with Crippen LogP contribution in [0.25, 0.3) is 11.1 Å². The highest BCUT2D eigenvalue weighted by molar-refractivity contribution is 9.14. The Balaban J connectivity index is 2.79. The van der Waals surface area contributed by atoms with E-state index in [9.17, 15) is 0 Å². The van der Waals surface area contributed by atoms with Crippen LogP contribution in [0.1, 0.15) is 0 Å². The molecule has 0 aromatic heterocycles. The van der Waals surface area contributed by atoms with Crippen molar-refractivity contribution in [2.24, 2.45) is 0 Å². The van der Waals surface area contributed by atoms with Gasteiger partial charge in [0.05, 0.1) is 0 Å². The predicted molar refractivity (Wildman–Crippen MR) is 106 cm³/mol. The Labute approximate surface area is 170 Å². The molecule has 0 saturated heterocycles. The first-order valence-corrected chi connectivity index (χ1v) is 10.4. The van der Waals surface area contributed by atoms with Crippen LogP contribution in [0.2, 0.25) is 0 Å². The van der Waals surface area contributed by atoms with Crippen LogP contribution in [0, 0.1) is 0 Å². The summed E-state index contributed by atoms with van der Waals surface area (Å²) in [6, 6.07) is 6.14.